The van der Waals surface area contributed by atoms with E-state index in [2.05, 4.69) is 0 Å². The third-order valence-corrected chi connectivity index (χ3v) is 6.61. The number of sulfonamides is 1. The molecule has 0 aromatic heterocycles. The Morgan fingerprint density at radius 2 is 1.85 bits per heavy atom. The number of nitrogens with two attached hydrogens (primary N) is 1. The van der Waals surface area contributed by atoms with Gasteiger partial charge in [0.1, 0.15) is 0 Å². The van der Waals surface area contributed by atoms with E-state index in [1.165, 1.54) is 25.7 Å². The van der Waals surface area contributed by atoms with E-state index in [0.717, 1.165) is 12.3 Å². The molecule has 0 spiro atoms. The summed E-state index contributed by atoms with van der Waals surface area (Å²) in [6, 6.07) is 6.61. The van der Waals surface area contributed by atoms with Crippen LogP contribution in [0.15, 0.2) is 29.2 Å². The first-order valence-corrected chi connectivity index (χ1v) is 8.87. The van der Waals surface area contributed by atoms with Crippen molar-refractivity contribution >= 4 is 15.7 Å². The molecule has 2 fully saturated rings. The minimum atomic E-state index is -3.38. The lowest BCUT2D eigenvalue weighted by molar-refractivity contribution is 0.136. The SMILES string of the molecule is Nc1cccc(S(=O)(=O)N2CCC3CCCCC3C2)c1. The van der Waals surface area contributed by atoms with Crippen LogP contribution in [0.1, 0.15) is 32.1 Å². The average molecular weight is 294 g/mol. The van der Waals surface area contributed by atoms with Gasteiger partial charge >= 0.3 is 0 Å². The van der Waals surface area contributed by atoms with Gasteiger partial charge in [0.25, 0.3) is 0 Å². The lowest BCUT2D eigenvalue weighted by Crippen LogP contribution is -2.44. The van der Waals surface area contributed by atoms with Gasteiger partial charge in [-0.2, -0.15) is 4.31 Å². The molecule has 0 bridgehead atoms. The number of hydrogen-bond acceptors (Lipinski definition) is 3. The van der Waals surface area contributed by atoms with Crippen molar-refractivity contribution in [3.05, 3.63) is 24.3 Å². The Balaban J connectivity index is 1.81. The first kappa shape index (κ1) is 13.9. The molecule has 2 unspecified atom stereocenters. The Hall–Kier alpha value is -1.07. The predicted molar refractivity (Wildman–Crippen MR) is 79.7 cm³/mol. The molecule has 4 nitrogen and oxygen atoms in total. The zero-order valence-electron chi connectivity index (χ0n) is 11.7. The van der Waals surface area contributed by atoms with Crippen LogP contribution in [0, 0.1) is 11.8 Å². The molecule has 2 N–H and O–H groups in total. The molecule has 3 rings (SSSR count). The summed E-state index contributed by atoms with van der Waals surface area (Å²) in [5.74, 6) is 1.28. The Morgan fingerprint density at radius 1 is 1.10 bits per heavy atom. The van der Waals surface area contributed by atoms with Crippen LogP contribution in [-0.2, 0) is 10.0 Å². The van der Waals surface area contributed by atoms with E-state index in [1.807, 2.05) is 0 Å². The topological polar surface area (TPSA) is 63.4 Å². The van der Waals surface area contributed by atoms with Crippen molar-refractivity contribution in [1.82, 2.24) is 4.31 Å². The van der Waals surface area contributed by atoms with Crippen molar-refractivity contribution in [3.63, 3.8) is 0 Å². The zero-order valence-corrected chi connectivity index (χ0v) is 12.5. The molecule has 110 valence electrons. The van der Waals surface area contributed by atoms with Crippen LogP contribution in [0.3, 0.4) is 0 Å². The number of piperidine rings is 1. The molecule has 0 amide bonds. The van der Waals surface area contributed by atoms with Crippen molar-refractivity contribution < 1.29 is 8.42 Å². The third kappa shape index (κ3) is 2.56. The molecule has 20 heavy (non-hydrogen) atoms. The number of fused-ring (bicyclic) bond motifs is 1. The van der Waals surface area contributed by atoms with Crippen LogP contribution in [-0.4, -0.2) is 25.8 Å². The van der Waals surface area contributed by atoms with Crippen molar-refractivity contribution in [2.75, 3.05) is 18.8 Å². The highest BCUT2D eigenvalue weighted by Gasteiger charge is 2.36. The predicted octanol–water partition coefficient (Wildman–Crippen LogP) is 2.47. The number of nitrogens with zero attached hydrogens (tertiary/aromatic N) is 1. The van der Waals surface area contributed by atoms with Crippen molar-refractivity contribution in [2.24, 2.45) is 11.8 Å². The van der Waals surface area contributed by atoms with Crippen LogP contribution < -0.4 is 5.73 Å². The van der Waals surface area contributed by atoms with Gasteiger partial charge in [0, 0.05) is 18.8 Å². The largest absolute Gasteiger partial charge is 0.399 e. The Morgan fingerprint density at radius 3 is 2.60 bits per heavy atom. The summed E-state index contributed by atoms with van der Waals surface area (Å²) in [6.45, 7) is 1.33. The van der Waals surface area contributed by atoms with Crippen LogP contribution in [0.2, 0.25) is 0 Å². The number of benzene rings is 1. The maximum Gasteiger partial charge on any atom is 0.243 e. The molecular formula is C15H22N2O2S. The number of anilines is 1. The van der Waals surface area contributed by atoms with E-state index in [0.29, 0.717) is 29.6 Å². The maximum atomic E-state index is 12.7. The summed E-state index contributed by atoms with van der Waals surface area (Å²) in [5.41, 5.74) is 6.21. The lowest BCUT2D eigenvalue weighted by atomic mass is 9.76. The summed E-state index contributed by atoms with van der Waals surface area (Å²) in [6.07, 6.45) is 6.01. The minimum Gasteiger partial charge on any atom is -0.399 e. The molecule has 1 saturated heterocycles. The summed E-state index contributed by atoms with van der Waals surface area (Å²) in [5, 5.41) is 0. The fourth-order valence-corrected chi connectivity index (χ4v) is 5.18. The van der Waals surface area contributed by atoms with Crippen molar-refractivity contribution in [2.45, 2.75) is 37.0 Å². The van der Waals surface area contributed by atoms with Crippen LogP contribution >= 0.6 is 0 Å². The normalized spacial score (nSPS) is 28.0. The number of nitrogen functional groups attached to an aromatic ring is 1. The van der Waals surface area contributed by atoms with Gasteiger partial charge in [-0.3, -0.25) is 0 Å². The zero-order chi connectivity index (χ0) is 14.2. The second-order valence-corrected chi connectivity index (χ2v) is 7.97. The third-order valence-electron chi connectivity index (χ3n) is 4.75. The van der Waals surface area contributed by atoms with E-state index in [9.17, 15) is 8.42 Å². The lowest BCUT2D eigenvalue weighted by Gasteiger charge is -2.40. The van der Waals surface area contributed by atoms with Crippen LogP contribution in [0.25, 0.3) is 0 Å². The Labute approximate surface area is 121 Å². The van der Waals surface area contributed by atoms with E-state index in [-0.39, 0.29) is 0 Å². The Bertz CT molecular complexity index is 585. The highest BCUT2D eigenvalue weighted by Crippen LogP contribution is 2.37. The molecule has 1 aromatic carbocycles. The maximum absolute atomic E-state index is 12.7. The standard InChI is InChI=1S/C15H22N2O2S/c16-14-6-3-7-15(10-14)20(18,19)17-9-8-12-4-1-2-5-13(12)11-17/h3,6-7,10,12-13H,1-2,4-5,8-9,11,16H2. The van der Waals surface area contributed by atoms with Crippen LogP contribution in [0.5, 0.6) is 0 Å². The second kappa shape index (κ2) is 5.37. The highest BCUT2D eigenvalue weighted by atomic mass is 32.2. The first-order chi connectivity index (χ1) is 9.57. The Kier molecular flexibility index (Phi) is 3.73. The summed E-state index contributed by atoms with van der Waals surface area (Å²) >= 11 is 0. The molecule has 1 aliphatic carbocycles. The van der Waals surface area contributed by atoms with Gasteiger partial charge in [0.05, 0.1) is 4.90 Å². The van der Waals surface area contributed by atoms with E-state index < -0.39 is 10.0 Å². The monoisotopic (exact) mass is 294 g/mol. The number of rotatable bonds is 2. The molecule has 2 atom stereocenters. The van der Waals surface area contributed by atoms with Gasteiger partial charge in [-0.15, -0.1) is 0 Å². The van der Waals surface area contributed by atoms with Gasteiger partial charge in [-0.25, -0.2) is 8.42 Å². The van der Waals surface area contributed by atoms with Gasteiger partial charge in [0.2, 0.25) is 10.0 Å². The van der Waals surface area contributed by atoms with Gasteiger partial charge in [-0.05, 0) is 42.9 Å². The fraction of sp³-hybridized carbons (Fsp3) is 0.600. The van der Waals surface area contributed by atoms with E-state index in [1.54, 1.807) is 28.6 Å². The first-order valence-electron chi connectivity index (χ1n) is 7.43. The van der Waals surface area contributed by atoms with E-state index >= 15 is 0 Å². The van der Waals surface area contributed by atoms with Gasteiger partial charge in [-0.1, -0.05) is 25.3 Å². The smallest absolute Gasteiger partial charge is 0.243 e. The second-order valence-electron chi connectivity index (χ2n) is 6.03. The van der Waals surface area contributed by atoms with Crippen LogP contribution in [0.4, 0.5) is 5.69 Å². The molecule has 5 heteroatoms. The molecule has 1 aromatic rings. The van der Waals surface area contributed by atoms with Crippen molar-refractivity contribution in [1.29, 1.82) is 0 Å². The summed E-state index contributed by atoms with van der Waals surface area (Å²) in [4.78, 5) is 0.326. The molecular weight excluding hydrogens is 272 g/mol. The van der Waals surface area contributed by atoms with E-state index in [4.69, 9.17) is 5.73 Å². The number of hydrogen-bond donors (Lipinski definition) is 1. The fourth-order valence-electron chi connectivity index (χ4n) is 3.61. The molecule has 1 heterocycles. The average Bonchev–Trinajstić information content (AvgIpc) is 2.46. The molecule has 1 aliphatic heterocycles. The summed E-state index contributed by atoms with van der Waals surface area (Å²) < 4.78 is 27.0. The highest BCUT2D eigenvalue weighted by molar-refractivity contribution is 7.89. The molecule has 1 saturated carbocycles. The van der Waals surface area contributed by atoms with Gasteiger partial charge < -0.3 is 5.73 Å². The molecule has 0 radical (unpaired) electrons. The minimum absolute atomic E-state index is 0.326. The molecule has 2 aliphatic rings. The summed E-state index contributed by atoms with van der Waals surface area (Å²) in [7, 11) is -3.38. The quantitative estimate of drug-likeness (QED) is 0.852. The van der Waals surface area contributed by atoms with Crippen molar-refractivity contribution in [3.8, 4) is 0 Å². The van der Waals surface area contributed by atoms with Gasteiger partial charge in [0.15, 0.2) is 0 Å².